The third-order valence-electron chi connectivity index (χ3n) is 3.79. The minimum atomic E-state index is -0.121. The molecule has 4 nitrogen and oxygen atoms in total. The van der Waals surface area contributed by atoms with Gasteiger partial charge in [-0.2, -0.15) is 0 Å². The van der Waals surface area contributed by atoms with Crippen molar-refractivity contribution < 1.29 is 9.53 Å². The monoisotopic (exact) mass is 320 g/mol. The van der Waals surface area contributed by atoms with E-state index in [-0.39, 0.29) is 12.5 Å². The molecule has 0 bridgehead atoms. The van der Waals surface area contributed by atoms with E-state index in [0.717, 1.165) is 28.5 Å². The predicted molar refractivity (Wildman–Crippen MR) is 95.1 cm³/mol. The smallest absolute Gasteiger partial charge is 0.257 e. The van der Waals surface area contributed by atoms with Crippen LogP contribution >= 0.6 is 0 Å². The lowest BCUT2D eigenvalue weighted by Gasteiger charge is -2.09. The lowest BCUT2D eigenvalue weighted by atomic mass is 10.1. The van der Waals surface area contributed by atoms with E-state index in [4.69, 9.17) is 4.74 Å². The molecule has 4 heteroatoms. The van der Waals surface area contributed by atoms with Gasteiger partial charge in [-0.05, 0) is 42.7 Å². The number of rotatable bonds is 6. The van der Waals surface area contributed by atoms with E-state index in [1.165, 1.54) is 0 Å². The molecule has 0 fully saturated rings. The molecule has 0 radical (unpaired) electrons. The second-order valence-corrected chi connectivity index (χ2v) is 5.70. The van der Waals surface area contributed by atoms with Crippen LogP contribution < -0.4 is 10.1 Å². The lowest BCUT2D eigenvalue weighted by molar-refractivity contribution is -0.123. The average molecular weight is 320 g/mol. The van der Waals surface area contributed by atoms with Gasteiger partial charge in [0.1, 0.15) is 5.75 Å². The van der Waals surface area contributed by atoms with Crippen LogP contribution in [-0.4, -0.2) is 24.0 Å². The van der Waals surface area contributed by atoms with Crippen LogP contribution in [0.2, 0.25) is 0 Å². The summed E-state index contributed by atoms with van der Waals surface area (Å²) < 4.78 is 5.50. The number of ether oxygens (including phenoxy) is 1. The topological polar surface area (TPSA) is 51.2 Å². The summed E-state index contributed by atoms with van der Waals surface area (Å²) in [6.07, 6.45) is 2.53. The maximum absolute atomic E-state index is 11.9. The molecule has 0 saturated carbocycles. The number of pyridine rings is 1. The number of carbonyl (C=O) groups excluding carboxylic acids is 1. The highest BCUT2D eigenvalue weighted by Crippen LogP contribution is 2.16. The van der Waals surface area contributed by atoms with Crippen LogP contribution in [0.1, 0.15) is 11.1 Å². The second kappa shape index (κ2) is 7.59. The van der Waals surface area contributed by atoms with E-state index < -0.39 is 0 Å². The number of hydrogen-bond donors (Lipinski definition) is 1. The summed E-state index contributed by atoms with van der Waals surface area (Å²) in [5.74, 6) is 0.591. The molecular formula is C20H20N2O2. The molecule has 2 aromatic carbocycles. The highest BCUT2D eigenvalue weighted by molar-refractivity contribution is 5.81. The van der Waals surface area contributed by atoms with E-state index in [9.17, 15) is 4.79 Å². The predicted octanol–water partition coefficient (Wildman–Crippen LogP) is 3.28. The van der Waals surface area contributed by atoms with E-state index >= 15 is 0 Å². The van der Waals surface area contributed by atoms with Crippen molar-refractivity contribution in [3.05, 3.63) is 71.9 Å². The van der Waals surface area contributed by atoms with Gasteiger partial charge in [0.2, 0.25) is 0 Å². The van der Waals surface area contributed by atoms with Gasteiger partial charge in [0.15, 0.2) is 6.61 Å². The first-order chi connectivity index (χ1) is 11.7. The van der Waals surface area contributed by atoms with Crippen molar-refractivity contribution >= 4 is 16.8 Å². The fourth-order valence-corrected chi connectivity index (χ4v) is 2.61. The Hall–Kier alpha value is -2.88. The molecule has 1 N–H and O–H groups in total. The molecule has 1 aromatic heterocycles. The molecule has 0 aliphatic rings. The third-order valence-corrected chi connectivity index (χ3v) is 3.79. The number of para-hydroxylation sites is 1. The minimum Gasteiger partial charge on any atom is -0.484 e. The van der Waals surface area contributed by atoms with Gasteiger partial charge in [-0.3, -0.25) is 9.78 Å². The zero-order chi connectivity index (χ0) is 16.8. The van der Waals surface area contributed by atoms with Gasteiger partial charge in [-0.1, -0.05) is 36.4 Å². The minimum absolute atomic E-state index is 0.0250. The summed E-state index contributed by atoms with van der Waals surface area (Å²) in [6, 6.07) is 17.7. The third kappa shape index (κ3) is 4.10. The summed E-state index contributed by atoms with van der Waals surface area (Å²) >= 11 is 0. The van der Waals surface area contributed by atoms with Crippen molar-refractivity contribution in [2.24, 2.45) is 0 Å². The zero-order valence-corrected chi connectivity index (χ0v) is 13.7. The van der Waals surface area contributed by atoms with E-state index in [0.29, 0.717) is 12.3 Å². The Bertz CT molecular complexity index is 840. The van der Waals surface area contributed by atoms with Crippen molar-refractivity contribution in [1.82, 2.24) is 10.3 Å². The van der Waals surface area contributed by atoms with Gasteiger partial charge in [0, 0.05) is 18.1 Å². The average Bonchev–Trinajstić information content (AvgIpc) is 2.60. The Morgan fingerprint density at radius 3 is 2.83 bits per heavy atom. The molecule has 3 rings (SSSR count). The van der Waals surface area contributed by atoms with Gasteiger partial charge in [0.25, 0.3) is 5.91 Å². The summed E-state index contributed by atoms with van der Waals surface area (Å²) in [4.78, 5) is 16.3. The quantitative estimate of drug-likeness (QED) is 0.758. The summed E-state index contributed by atoms with van der Waals surface area (Å²) in [5.41, 5.74) is 3.23. The fourth-order valence-electron chi connectivity index (χ4n) is 2.61. The van der Waals surface area contributed by atoms with Crippen LogP contribution in [0.5, 0.6) is 5.75 Å². The van der Waals surface area contributed by atoms with Crippen LogP contribution in [0.25, 0.3) is 10.9 Å². The van der Waals surface area contributed by atoms with E-state index in [2.05, 4.69) is 10.3 Å². The molecule has 0 unspecified atom stereocenters. The molecule has 0 spiro atoms. The van der Waals surface area contributed by atoms with Crippen LogP contribution in [0.3, 0.4) is 0 Å². The largest absolute Gasteiger partial charge is 0.484 e. The molecule has 122 valence electrons. The Kier molecular flexibility index (Phi) is 5.06. The fraction of sp³-hybridized carbons (Fsp3) is 0.200. The number of aryl methyl sites for hydroxylation is 1. The molecule has 24 heavy (non-hydrogen) atoms. The highest BCUT2D eigenvalue weighted by Gasteiger charge is 2.05. The highest BCUT2D eigenvalue weighted by atomic mass is 16.5. The van der Waals surface area contributed by atoms with Crippen LogP contribution in [0.4, 0.5) is 0 Å². The number of nitrogens with one attached hydrogen (secondary N) is 1. The van der Waals surface area contributed by atoms with Gasteiger partial charge >= 0.3 is 0 Å². The van der Waals surface area contributed by atoms with Crippen molar-refractivity contribution in [3.63, 3.8) is 0 Å². The molecule has 0 aliphatic carbocycles. The van der Waals surface area contributed by atoms with Crippen LogP contribution in [0, 0.1) is 6.92 Å². The second-order valence-electron chi connectivity index (χ2n) is 5.70. The molecule has 0 atom stereocenters. The molecule has 1 heterocycles. The van der Waals surface area contributed by atoms with Crippen LogP contribution in [-0.2, 0) is 11.2 Å². The summed E-state index contributed by atoms with van der Waals surface area (Å²) in [6.45, 7) is 2.58. The lowest BCUT2D eigenvalue weighted by Crippen LogP contribution is -2.30. The van der Waals surface area contributed by atoms with Crippen molar-refractivity contribution in [1.29, 1.82) is 0 Å². The molecule has 0 saturated heterocycles. The van der Waals surface area contributed by atoms with Crippen molar-refractivity contribution in [3.8, 4) is 5.75 Å². The maximum atomic E-state index is 11.9. The summed E-state index contributed by atoms with van der Waals surface area (Å²) in [5, 5.41) is 4.00. The molecule has 0 aliphatic heterocycles. The standard InChI is InChI=1S/C20H20N2O2/c1-15-5-2-9-18(13-15)24-14-19(23)21-12-10-17-7-3-6-16-8-4-11-22-20(16)17/h2-9,11,13H,10,12,14H2,1H3,(H,21,23). The van der Waals surface area contributed by atoms with Gasteiger partial charge in [-0.25, -0.2) is 0 Å². The first-order valence-corrected chi connectivity index (χ1v) is 8.01. The number of aromatic nitrogens is 1. The number of carbonyl (C=O) groups is 1. The summed E-state index contributed by atoms with van der Waals surface area (Å²) in [7, 11) is 0. The number of fused-ring (bicyclic) bond motifs is 1. The Labute approximate surface area is 141 Å². The number of amides is 1. The molecule has 1 amide bonds. The molecular weight excluding hydrogens is 300 g/mol. The zero-order valence-electron chi connectivity index (χ0n) is 13.7. The first-order valence-electron chi connectivity index (χ1n) is 8.01. The van der Waals surface area contributed by atoms with Crippen LogP contribution in [0.15, 0.2) is 60.8 Å². The van der Waals surface area contributed by atoms with E-state index in [1.54, 1.807) is 6.20 Å². The Morgan fingerprint density at radius 1 is 1.12 bits per heavy atom. The number of hydrogen-bond acceptors (Lipinski definition) is 3. The Morgan fingerprint density at radius 2 is 1.96 bits per heavy atom. The maximum Gasteiger partial charge on any atom is 0.257 e. The normalized spacial score (nSPS) is 10.5. The van der Waals surface area contributed by atoms with Gasteiger partial charge in [-0.15, -0.1) is 0 Å². The Balaban J connectivity index is 1.50. The van der Waals surface area contributed by atoms with Gasteiger partial charge < -0.3 is 10.1 Å². The first kappa shape index (κ1) is 16.0. The van der Waals surface area contributed by atoms with E-state index in [1.807, 2.05) is 61.5 Å². The SMILES string of the molecule is Cc1cccc(OCC(=O)NCCc2cccc3cccnc23)c1. The molecule has 3 aromatic rings. The number of nitrogens with zero attached hydrogens (tertiary/aromatic N) is 1. The van der Waals surface area contributed by atoms with Gasteiger partial charge in [0.05, 0.1) is 5.52 Å². The van der Waals surface area contributed by atoms with Crippen molar-refractivity contribution in [2.45, 2.75) is 13.3 Å². The number of benzene rings is 2. The van der Waals surface area contributed by atoms with Crippen molar-refractivity contribution in [2.75, 3.05) is 13.2 Å².